The molecule has 0 atom stereocenters. The summed E-state index contributed by atoms with van der Waals surface area (Å²) in [5.74, 6) is -0.573. The van der Waals surface area contributed by atoms with Gasteiger partial charge in [-0.2, -0.15) is 0 Å². The third kappa shape index (κ3) is 5.61. The Hall–Kier alpha value is -2.28. The van der Waals surface area contributed by atoms with Crippen LogP contribution in [0, 0.1) is 0 Å². The summed E-state index contributed by atoms with van der Waals surface area (Å²) in [5, 5.41) is 4.63. The van der Waals surface area contributed by atoms with E-state index in [4.69, 9.17) is 0 Å². The van der Waals surface area contributed by atoms with Gasteiger partial charge in [0.05, 0.1) is 6.54 Å². The van der Waals surface area contributed by atoms with Gasteiger partial charge in [-0.3, -0.25) is 4.79 Å². The van der Waals surface area contributed by atoms with Crippen molar-refractivity contribution in [3.63, 3.8) is 0 Å². The molecule has 7 heteroatoms. The van der Waals surface area contributed by atoms with Crippen molar-refractivity contribution >= 4 is 23.3 Å². The van der Waals surface area contributed by atoms with E-state index in [1.807, 2.05) is 17.5 Å². The molecule has 0 radical (unpaired) electrons. The average molecular weight is 327 g/mol. The lowest BCUT2D eigenvalue weighted by Gasteiger charge is -2.08. The minimum atomic E-state index is -4.71. The highest BCUT2D eigenvalue weighted by Gasteiger charge is 2.30. The molecule has 1 heterocycles. The number of carbonyl (C=O) groups is 1. The number of rotatable bonds is 5. The molecule has 0 saturated heterocycles. The van der Waals surface area contributed by atoms with E-state index in [0.29, 0.717) is 12.1 Å². The number of hydrogen-bond acceptors (Lipinski definition) is 3. The number of amides is 1. The van der Waals surface area contributed by atoms with Crippen LogP contribution in [0.4, 0.5) is 13.2 Å². The molecule has 0 aliphatic heterocycles. The van der Waals surface area contributed by atoms with E-state index in [1.165, 1.54) is 36.4 Å². The standard InChI is InChI=1S/C15H12F3NO2S/c16-15(17,18)21-12-6-3-11(4-7-12)5-8-14(20)19-10-13-2-1-9-22-13/h1-9H,10H2,(H,19,20)/b8-5+. The summed E-state index contributed by atoms with van der Waals surface area (Å²) >= 11 is 1.54. The molecule has 2 rings (SSSR count). The Balaban J connectivity index is 1.85. The summed E-state index contributed by atoms with van der Waals surface area (Å²) in [4.78, 5) is 12.6. The molecule has 2 aromatic rings. The summed E-state index contributed by atoms with van der Waals surface area (Å²) < 4.78 is 39.8. The highest BCUT2D eigenvalue weighted by molar-refractivity contribution is 7.09. The van der Waals surface area contributed by atoms with Gasteiger partial charge in [0.25, 0.3) is 0 Å². The van der Waals surface area contributed by atoms with Gasteiger partial charge in [-0.15, -0.1) is 24.5 Å². The lowest BCUT2D eigenvalue weighted by molar-refractivity contribution is -0.274. The van der Waals surface area contributed by atoms with Crippen molar-refractivity contribution in [1.82, 2.24) is 5.32 Å². The first-order valence-electron chi connectivity index (χ1n) is 6.26. The molecule has 3 nitrogen and oxygen atoms in total. The van der Waals surface area contributed by atoms with E-state index in [9.17, 15) is 18.0 Å². The number of hydrogen-bond donors (Lipinski definition) is 1. The summed E-state index contributed by atoms with van der Waals surface area (Å²) in [7, 11) is 0. The molecular formula is C15H12F3NO2S. The fourth-order valence-corrected chi connectivity index (χ4v) is 2.24. The van der Waals surface area contributed by atoms with Crippen LogP contribution in [0.1, 0.15) is 10.4 Å². The molecule has 0 fully saturated rings. The second-order valence-corrected chi connectivity index (χ2v) is 5.28. The molecule has 0 aliphatic rings. The first kappa shape index (κ1) is 16.1. The minimum Gasteiger partial charge on any atom is -0.406 e. The lowest BCUT2D eigenvalue weighted by Crippen LogP contribution is -2.19. The summed E-state index contributed by atoms with van der Waals surface area (Å²) in [6, 6.07) is 9.06. The highest BCUT2D eigenvalue weighted by Crippen LogP contribution is 2.22. The highest BCUT2D eigenvalue weighted by atomic mass is 32.1. The Bertz CT molecular complexity index is 634. The SMILES string of the molecule is O=C(/C=C/c1ccc(OC(F)(F)F)cc1)NCc1cccs1. The second-order valence-electron chi connectivity index (χ2n) is 4.25. The Morgan fingerprint density at radius 2 is 1.95 bits per heavy atom. The number of halogens is 3. The molecule has 0 bridgehead atoms. The third-order valence-corrected chi connectivity index (χ3v) is 3.43. The van der Waals surface area contributed by atoms with Crippen LogP contribution in [0.25, 0.3) is 6.08 Å². The molecule has 1 N–H and O–H groups in total. The first-order chi connectivity index (χ1) is 10.4. The maximum atomic E-state index is 12.0. The number of benzene rings is 1. The molecule has 116 valence electrons. The molecule has 0 saturated carbocycles. The van der Waals surface area contributed by atoms with Crippen LogP contribution in [0.3, 0.4) is 0 Å². The Morgan fingerprint density at radius 1 is 1.23 bits per heavy atom. The van der Waals surface area contributed by atoms with Crippen molar-refractivity contribution in [3.05, 3.63) is 58.3 Å². The van der Waals surface area contributed by atoms with Gasteiger partial charge in [-0.05, 0) is 35.2 Å². The van der Waals surface area contributed by atoms with E-state index < -0.39 is 6.36 Å². The first-order valence-corrected chi connectivity index (χ1v) is 7.14. The van der Waals surface area contributed by atoms with E-state index in [2.05, 4.69) is 10.1 Å². The van der Waals surface area contributed by atoms with E-state index in [-0.39, 0.29) is 11.7 Å². The van der Waals surface area contributed by atoms with Crippen molar-refractivity contribution in [2.45, 2.75) is 12.9 Å². The zero-order valence-corrected chi connectivity index (χ0v) is 12.1. The molecule has 0 unspecified atom stereocenters. The van der Waals surface area contributed by atoms with Gasteiger partial charge in [-0.25, -0.2) is 0 Å². The van der Waals surface area contributed by atoms with Crippen LogP contribution in [-0.4, -0.2) is 12.3 Å². The summed E-state index contributed by atoms with van der Waals surface area (Å²) in [6.45, 7) is 0.444. The molecule has 22 heavy (non-hydrogen) atoms. The number of carbonyl (C=O) groups excluding carboxylic acids is 1. The van der Waals surface area contributed by atoms with Crippen molar-refractivity contribution < 1.29 is 22.7 Å². The molecule has 1 aromatic heterocycles. The topological polar surface area (TPSA) is 38.3 Å². The molecule has 1 aromatic carbocycles. The number of alkyl halides is 3. The summed E-state index contributed by atoms with van der Waals surface area (Å²) in [5.41, 5.74) is 0.598. The van der Waals surface area contributed by atoms with E-state index >= 15 is 0 Å². The lowest BCUT2D eigenvalue weighted by atomic mass is 10.2. The average Bonchev–Trinajstić information content (AvgIpc) is 2.96. The van der Waals surface area contributed by atoms with Crippen molar-refractivity contribution in [2.75, 3.05) is 0 Å². The van der Waals surface area contributed by atoms with Crippen LogP contribution in [0.2, 0.25) is 0 Å². The Morgan fingerprint density at radius 3 is 2.55 bits per heavy atom. The summed E-state index contributed by atoms with van der Waals surface area (Å²) in [6.07, 6.45) is -1.87. The monoisotopic (exact) mass is 327 g/mol. The van der Waals surface area contributed by atoms with E-state index in [0.717, 1.165) is 4.88 Å². The van der Waals surface area contributed by atoms with Gasteiger partial charge in [0.1, 0.15) is 5.75 Å². The van der Waals surface area contributed by atoms with Gasteiger partial charge < -0.3 is 10.1 Å². The van der Waals surface area contributed by atoms with Crippen LogP contribution < -0.4 is 10.1 Å². The zero-order chi connectivity index (χ0) is 16.0. The number of thiophene rings is 1. The van der Waals surface area contributed by atoms with Crippen molar-refractivity contribution in [2.24, 2.45) is 0 Å². The third-order valence-electron chi connectivity index (χ3n) is 2.56. The molecule has 0 spiro atoms. The van der Waals surface area contributed by atoms with Gasteiger partial charge in [0.2, 0.25) is 5.91 Å². The van der Waals surface area contributed by atoms with Crippen molar-refractivity contribution in [3.8, 4) is 5.75 Å². The quantitative estimate of drug-likeness (QED) is 0.844. The van der Waals surface area contributed by atoms with E-state index in [1.54, 1.807) is 11.3 Å². The molecular weight excluding hydrogens is 315 g/mol. The van der Waals surface area contributed by atoms with Gasteiger partial charge in [-0.1, -0.05) is 18.2 Å². The fourth-order valence-electron chi connectivity index (χ4n) is 1.60. The van der Waals surface area contributed by atoms with Crippen LogP contribution in [-0.2, 0) is 11.3 Å². The molecule has 1 amide bonds. The van der Waals surface area contributed by atoms with Crippen molar-refractivity contribution in [1.29, 1.82) is 0 Å². The van der Waals surface area contributed by atoms with Crippen LogP contribution in [0.15, 0.2) is 47.9 Å². The van der Waals surface area contributed by atoms with Gasteiger partial charge in [0, 0.05) is 11.0 Å². The fraction of sp³-hybridized carbons (Fsp3) is 0.133. The number of ether oxygens (including phenoxy) is 1. The normalized spacial score (nSPS) is 11.6. The maximum Gasteiger partial charge on any atom is 0.573 e. The van der Waals surface area contributed by atoms with Crippen LogP contribution >= 0.6 is 11.3 Å². The Labute approximate surface area is 129 Å². The van der Waals surface area contributed by atoms with Gasteiger partial charge >= 0.3 is 6.36 Å². The van der Waals surface area contributed by atoms with Crippen LogP contribution in [0.5, 0.6) is 5.75 Å². The number of nitrogens with one attached hydrogen (secondary N) is 1. The second kappa shape index (κ2) is 7.13. The Kier molecular flexibility index (Phi) is 5.21. The smallest absolute Gasteiger partial charge is 0.406 e. The minimum absolute atomic E-state index is 0.274. The largest absolute Gasteiger partial charge is 0.573 e. The van der Waals surface area contributed by atoms with Gasteiger partial charge in [0.15, 0.2) is 0 Å². The zero-order valence-electron chi connectivity index (χ0n) is 11.3. The maximum absolute atomic E-state index is 12.0. The molecule has 0 aliphatic carbocycles. The predicted octanol–water partition coefficient (Wildman–Crippen LogP) is 3.98. The predicted molar refractivity (Wildman–Crippen MR) is 78.3 cm³/mol.